The van der Waals surface area contributed by atoms with Crippen LogP contribution in [0.3, 0.4) is 0 Å². The lowest BCUT2D eigenvalue weighted by Crippen LogP contribution is -2.17. The Labute approximate surface area is 252 Å². The van der Waals surface area contributed by atoms with E-state index in [0.29, 0.717) is 36.7 Å². The number of hydrogen-bond acceptors (Lipinski definition) is 4. The zero-order chi connectivity index (χ0) is 30.0. The van der Waals surface area contributed by atoms with E-state index in [1.807, 2.05) is 97.9 Å². The molecule has 1 amide bonds. The molecule has 0 aliphatic heterocycles. The summed E-state index contributed by atoms with van der Waals surface area (Å²) in [6, 6.07) is 35.8. The largest absolute Gasteiger partial charge is 0.490 e. The highest BCUT2D eigenvalue weighted by atomic mass is 16.5. The van der Waals surface area contributed by atoms with E-state index in [-0.39, 0.29) is 5.91 Å². The molecule has 0 fully saturated rings. The van der Waals surface area contributed by atoms with Gasteiger partial charge in [0.05, 0.1) is 18.5 Å². The number of hydrogen-bond donors (Lipinski definition) is 1. The average molecular weight is 570 g/mol. The predicted molar refractivity (Wildman–Crippen MR) is 173 cm³/mol. The van der Waals surface area contributed by atoms with Crippen molar-refractivity contribution in [1.82, 2.24) is 9.99 Å². The van der Waals surface area contributed by atoms with E-state index in [1.54, 1.807) is 6.21 Å². The number of ether oxygens (including phenoxy) is 2. The highest BCUT2D eigenvalue weighted by Crippen LogP contribution is 2.34. The van der Waals surface area contributed by atoms with E-state index in [9.17, 15) is 4.79 Å². The number of nitrogens with one attached hydrogen (secondary N) is 1. The van der Waals surface area contributed by atoms with E-state index >= 15 is 0 Å². The van der Waals surface area contributed by atoms with Crippen molar-refractivity contribution < 1.29 is 14.3 Å². The molecule has 6 nitrogen and oxygen atoms in total. The minimum absolute atomic E-state index is 0.297. The minimum atomic E-state index is -0.297. The average Bonchev–Trinajstić information content (AvgIpc) is 3.43. The van der Waals surface area contributed by atoms with Crippen molar-refractivity contribution in [3.05, 3.63) is 150 Å². The monoisotopic (exact) mass is 569 g/mol. The molecule has 0 unspecified atom stereocenters. The molecule has 5 rings (SSSR count). The fraction of sp³-hybridized carbons (Fsp3) is 0.135. The van der Waals surface area contributed by atoms with Crippen LogP contribution < -0.4 is 14.9 Å². The third-order valence-electron chi connectivity index (χ3n) is 6.96. The smallest absolute Gasteiger partial charge is 0.271 e. The van der Waals surface area contributed by atoms with Gasteiger partial charge in [-0.1, -0.05) is 66.7 Å². The number of carbonyl (C=O) groups is 1. The van der Waals surface area contributed by atoms with Crippen LogP contribution in [0, 0.1) is 6.92 Å². The number of aromatic nitrogens is 1. The van der Waals surface area contributed by atoms with E-state index in [0.717, 1.165) is 39.3 Å². The van der Waals surface area contributed by atoms with Gasteiger partial charge < -0.3 is 14.0 Å². The van der Waals surface area contributed by atoms with Gasteiger partial charge in [0.1, 0.15) is 6.61 Å². The maximum atomic E-state index is 12.9. The quantitative estimate of drug-likeness (QED) is 0.0943. The predicted octanol–water partition coefficient (Wildman–Crippen LogP) is 7.92. The number of nitrogens with zero attached hydrogens (tertiary/aromatic N) is 2. The van der Waals surface area contributed by atoms with Crippen LogP contribution in [0.25, 0.3) is 16.9 Å². The molecule has 216 valence electrons. The molecule has 0 saturated carbocycles. The van der Waals surface area contributed by atoms with E-state index in [1.165, 1.54) is 0 Å². The number of hydrazone groups is 1. The number of allylic oxidation sites excluding steroid dienone is 1. The molecule has 0 aliphatic rings. The maximum Gasteiger partial charge on any atom is 0.271 e. The van der Waals surface area contributed by atoms with Gasteiger partial charge in [0.15, 0.2) is 11.5 Å². The SMILES string of the molecule is C=CCc1cc(/C=N/NC(=O)c2ccc(-n3c(C)ccc3-c3ccccc3)cc2)cc(OCC)c1OCc1ccccc1. The standard InChI is InChI=1S/C37H35N3O3/c1-4-12-32-23-29(24-35(42-5-2)36(32)43-26-28-13-8-6-9-14-28)25-38-39-37(41)31-18-20-33(21-19-31)40-27(3)17-22-34(40)30-15-10-7-11-16-30/h4,6-11,13-25H,1,5,12,26H2,2-3H3,(H,39,41)/b38-25+. The first-order valence-electron chi connectivity index (χ1n) is 14.3. The van der Waals surface area contributed by atoms with Gasteiger partial charge in [-0.15, -0.1) is 6.58 Å². The zero-order valence-corrected chi connectivity index (χ0v) is 24.5. The van der Waals surface area contributed by atoms with Crippen molar-refractivity contribution in [2.45, 2.75) is 26.9 Å². The second kappa shape index (κ2) is 14.0. The van der Waals surface area contributed by atoms with Gasteiger partial charge in [0.25, 0.3) is 5.91 Å². The summed E-state index contributed by atoms with van der Waals surface area (Å²) in [6.07, 6.45) is 4.03. The third kappa shape index (κ3) is 7.11. The number of carbonyl (C=O) groups excluding carboxylic acids is 1. The van der Waals surface area contributed by atoms with Gasteiger partial charge in [-0.25, -0.2) is 5.43 Å². The Morgan fingerprint density at radius 2 is 1.63 bits per heavy atom. The van der Waals surface area contributed by atoms with E-state index in [2.05, 4.69) is 52.9 Å². The van der Waals surface area contributed by atoms with Crippen molar-refractivity contribution in [3.63, 3.8) is 0 Å². The van der Waals surface area contributed by atoms with Gasteiger partial charge in [0, 0.05) is 22.5 Å². The molecule has 0 atom stereocenters. The Morgan fingerprint density at radius 3 is 2.33 bits per heavy atom. The number of rotatable bonds is 12. The molecular formula is C37H35N3O3. The van der Waals surface area contributed by atoms with Gasteiger partial charge >= 0.3 is 0 Å². The van der Waals surface area contributed by atoms with Crippen LogP contribution in [0.15, 0.2) is 127 Å². The first-order valence-corrected chi connectivity index (χ1v) is 14.3. The zero-order valence-electron chi connectivity index (χ0n) is 24.5. The van der Waals surface area contributed by atoms with Crippen LogP contribution in [-0.2, 0) is 13.0 Å². The molecular weight excluding hydrogens is 534 g/mol. The van der Waals surface area contributed by atoms with Crippen LogP contribution in [0.2, 0.25) is 0 Å². The summed E-state index contributed by atoms with van der Waals surface area (Å²) in [6.45, 7) is 8.81. The summed E-state index contributed by atoms with van der Waals surface area (Å²) >= 11 is 0. The van der Waals surface area contributed by atoms with Crippen molar-refractivity contribution in [1.29, 1.82) is 0 Å². The molecule has 0 saturated heterocycles. The van der Waals surface area contributed by atoms with Gasteiger partial charge in [0.2, 0.25) is 0 Å². The molecule has 6 heteroatoms. The van der Waals surface area contributed by atoms with Crippen LogP contribution in [0.5, 0.6) is 11.5 Å². The lowest BCUT2D eigenvalue weighted by Gasteiger charge is -2.16. The Bertz CT molecular complexity index is 1710. The van der Waals surface area contributed by atoms with Gasteiger partial charge in [-0.3, -0.25) is 4.79 Å². The molecule has 1 heterocycles. The maximum absolute atomic E-state index is 12.9. The summed E-state index contributed by atoms with van der Waals surface area (Å²) in [5.41, 5.74) is 10.2. The van der Waals surface area contributed by atoms with Crippen molar-refractivity contribution >= 4 is 12.1 Å². The molecule has 0 spiro atoms. The molecule has 0 aliphatic carbocycles. The fourth-order valence-electron chi connectivity index (χ4n) is 4.93. The van der Waals surface area contributed by atoms with Crippen LogP contribution in [-0.4, -0.2) is 23.3 Å². The molecule has 43 heavy (non-hydrogen) atoms. The molecule has 1 aromatic heterocycles. The van der Waals surface area contributed by atoms with Gasteiger partial charge in [-0.05, 0) is 85.5 Å². The second-order valence-corrected chi connectivity index (χ2v) is 10.0. The first-order chi connectivity index (χ1) is 21.1. The minimum Gasteiger partial charge on any atom is -0.490 e. The Kier molecular flexibility index (Phi) is 9.49. The fourth-order valence-corrected chi connectivity index (χ4v) is 4.93. The summed E-state index contributed by atoms with van der Waals surface area (Å²) in [4.78, 5) is 12.9. The molecule has 0 bridgehead atoms. The highest BCUT2D eigenvalue weighted by molar-refractivity contribution is 5.95. The van der Waals surface area contributed by atoms with Crippen LogP contribution >= 0.6 is 0 Å². The Balaban J connectivity index is 1.30. The number of benzene rings is 4. The lowest BCUT2D eigenvalue weighted by molar-refractivity contribution is 0.0955. The van der Waals surface area contributed by atoms with Crippen LogP contribution in [0.4, 0.5) is 0 Å². The van der Waals surface area contributed by atoms with Crippen molar-refractivity contribution in [2.75, 3.05) is 6.61 Å². The van der Waals surface area contributed by atoms with Gasteiger partial charge in [-0.2, -0.15) is 5.10 Å². The molecule has 0 radical (unpaired) electrons. The Hall–Kier alpha value is -5.36. The first kappa shape index (κ1) is 29.1. The summed E-state index contributed by atoms with van der Waals surface area (Å²) in [5.74, 6) is 1.01. The van der Waals surface area contributed by atoms with E-state index in [4.69, 9.17) is 9.47 Å². The van der Waals surface area contributed by atoms with Crippen molar-refractivity contribution in [2.24, 2.45) is 5.10 Å². The summed E-state index contributed by atoms with van der Waals surface area (Å²) in [5, 5.41) is 4.23. The summed E-state index contributed by atoms with van der Waals surface area (Å²) < 4.78 is 14.3. The Morgan fingerprint density at radius 1 is 0.907 bits per heavy atom. The molecule has 4 aromatic carbocycles. The highest BCUT2D eigenvalue weighted by Gasteiger charge is 2.14. The number of amides is 1. The molecule has 1 N–H and O–H groups in total. The number of aryl methyl sites for hydroxylation is 1. The summed E-state index contributed by atoms with van der Waals surface area (Å²) in [7, 11) is 0. The van der Waals surface area contributed by atoms with Crippen LogP contribution in [0.1, 0.15) is 39.7 Å². The normalized spacial score (nSPS) is 10.9. The van der Waals surface area contributed by atoms with E-state index < -0.39 is 0 Å². The topological polar surface area (TPSA) is 64.9 Å². The third-order valence-corrected chi connectivity index (χ3v) is 6.96. The molecule has 5 aromatic rings. The van der Waals surface area contributed by atoms with Crippen molar-refractivity contribution in [3.8, 4) is 28.4 Å². The lowest BCUT2D eigenvalue weighted by atomic mass is 10.1. The second-order valence-electron chi connectivity index (χ2n) is 10.0.